The van der Waals surface area contributed by atoms with E-state index in [0.29, 0.717) is 23.7 Å². The molecular weight excluding hydrogens is 373 g/mol. The van der Waals surface area contributed by atoms with Gasteiger partial charge in [-0.25, -0.2) is 4.39 Å². The van der Waals surface area contributed by atoms with Crippen LogP contribution in [0.5, 0.6) is 5.75 Å². The number of para-hydroxylation sites is 2. The summed E-state index contributed by atoms with van der Waals surface area (Å²) in [4.78, 5) is 13.6. The number of nitrogens with zero attached hydrogens (tertiary/aromatic N) is 1. The van der Waals surface area contributed by atoms with Crippen LogP contribution >= 0.6 is 0 Å². The summed E-state index contributed by atoms with van der Waals surface area (Å²) in [5, 5.41) is 7.08. The van der Waals surface area contributed by atoms with Gasteiger partial charge in [0.25, 0.3) is 5.91 Å². The van der Waals surface area contributed by atoms with Crippen LogP contribution < -0.4 is 15.0 Å². The summed E-state index contributed by atoms with van der Waals surface area (Å²) >= 11 is 0. The normalized spacial score (nSPS) is 11.9. The Morgan fingerprint density at radius 2 is 1.93 bits per heavy atom. The standard InChI is InChI=1S/C22H24FN3O3/c1-4-26(14-21(27)24-18-7-5-6-8-20(18)28-3)13-19-15(2)22(29-25-19)16-9-11-17(23)12-10-16/h5-12H,4,13-14H2,1-3H3,(H,24,27)/p+1. The van der Waals surface area contributed by atoms with Crippen molar-refractivity contribution in [3.63, 3.8) is 0 Å². The van der Waals surface area contributed by atoms with Gasteiger partial charge in [-0.1, -0.05) is 17.3 Å². The molecule has 2 N–H and O–H groups in total. The molecule has 1 aromatic heterocycles. The van der Waals surface area contributed by atoms with Crippen molar-refractivity contribution in [1.82, 2.24) is 5.16 Å². The summed E-state index contributed by atoms with van der Waals surface area (Å²) in [5.74, 6) is 0.837. The molecule has 1 heterocycles. The average Bonchev–Trinajstić information content (AvgIpc) is 3.08. The molecule has 0 bridgehead atoms. The predicted molar refractivity (Wildman–Crippen MR) is 108 cm³/mol. The number of amides is 1. The molecule has 6 nitrogen and oxygen atoms in total. The van der Waals surface area contributed by atoms with Gasteiger partial charge >= 0.3 is 0 Å². The van der Waals surface area contributed by atoms with Gasteiger partial charge in [0.2, 0.25) is 0 Å². The average molecular weight is 398 g/mol. The second-order valence-electron chi connectivity index (χ2n) is 6.80. The molecule has 1 amide bonds. The number of hydrogen-bond acceptors (Lipinski definition) is 4. The van der Waals surface area contributed by atoms with Gasteiger partial charge in [-0.3, -0.25) is 4.79 Å². The van der Waals surface area contributed by atoms with Crippen molar-refractivity contribution in [2.24, 2.45) is 0 Å². The number of rotatable bonds is 8. The monoisotopic (exact) mass is 398 g/mol. The molecule has 3 rings (SSSR count). The van der Waals surface area contributed by atoms with E-state index in [4.69, 9.17) is 9.26 Å². The van der Waals surface area contributed by atoms with Gasteiger partial charge in [0.15, 0.2) is 12.3 Å². The van der Waals surface area contributed by atoms with Crippen molar-refractivity contribution in [1.29, 1.82) is 0 Å². The van der Waals surface area contributed by atoms with Gasteiger partial charge < -0.3 is 19.5 Å². The fourth-order valence-corrected chi connectivity index (χ4v) is 3.12. The van der Waals surface area contributed by atoms with E-state index in [2.05, 4.69) is 10.5 Å². The van der Waals surface area contributed by atoms with Crippen LogP contribution in [0.25, 0.3) is 11.3 Å². The molecule has 0 spiro atoms. The van der Waals surface area contributed by atoms with Crippen LogP contribution in [0.3, 0.4) is 0 Å². The van der Waals surface area contributed by atoms with E-state index in [1.165, 1.54) is 12.1 Å². The number of methoxy groups -OCH3 is 1. The first-order chi connectivity index (χ1) is 14.0. The maximum absolute atomic E-state index is 13.2. The van der Waals surface area contributed by atoms with Crippen LogP contribution in [0.4, 0.5) is 10.1 Å². The molecule has 29 heavy (non-hydrogen) atoms. The SMILES string of the molecule is CC[NH+](CC(=O)Nc1ccccc1OC)Cc1noc(-c2ccc(F)cc2)c1C. The number of likely N-dealkylation sites (N-methyl/N-ethyl adjacent to an activating group) is 1. The molecule has 152 valence electrons. The number of anilines is 1. The number of ether oxygens (including phenoxy) is 1. The minimum absolute atomic E-state index is 0.105. The number of quaternary nitrogens is 1. The lowest BCUT2D eigenvalue weighted by atomic mass is 10.1. The molecule has 1 atom stereocenters. The molecule has 0 radical (unpaired) electrons. The Bertz CT molecular complexity index is 970. The van der Waals surface area contributed by atoms with Crippen LogP contribution in [0, 0.1) is 12.7 Å². The van der Waals surface area contributed by atoms with Crippen molar-refractivity contribution in [3.05, 3.63) is 65.6 Å². The Kier molecular flexibility index (Phi) is 6.61. The van der Waals surface area contributed by atoms with Gasteiger partial charge in [-0.05, 0) is 50.2 Å². The Labute approximate surface area is 169 Å². The number of carbonyl (C=O) groups excluding carboxylic acids is 1. The summed E-state index contributed by atoms with van der Waals surface area (Å²) in [7, 11) is 1.57. The molecule has 0 aliphatic heterocycles. The summed E-state index contributed by atoms with van der Waals surface area (Å²) in [6, 6.07) is 13.4. The summed E-state index contributed by atoms with van der Waals surface area (Å²) in [6.45, 7) is 5.52. The van der Waals surface area contributed by atoms with Crippen LogP contribution in [-0.2, 0) is 11.3 Å². The molecule has 0 saturated heterocycles. The molecule has 0 fully saturated rings. The van der Waals surface area contributed by atoms with E-state index in [1.54, 1.807) is 31.4 Å². The lowest BCUT2D eigenvalue weighted by Gasteiger charge is -2.17. The highest BCUT2D eigenvalue weighted by Crippen LogP contribution is 2.25. The molecule has 0 aliphatic rings. The zero-order valence-electron chi connectivity index (χ0n) is 16.8. The highest BCUT2D eigenvalue weighted by atomic mass is 19.1. The molecule has 0 saturated carbocycles. The number of carbonyl (C=O) groups is 1. The molecule has 7 heteroatoms. The maximum atomic E-state index is 13.2. The van der Waals surface area contributed by atoms with Crippen LogP contribution in [0.1, 0.15) is 18.2 Å². The molecule has 0 aliphatic carbocycles. The van der Waals surface area contributed by atoms with Crippen LogP contribution in [-0.4, -0.2) is 31.3 Å². The first-order valence-corrected chi connectivity index (χ1v) is 9.49. The van der Waals surface area contributed by atoms with Crippen molar-refractivity contribution in [2.75, 3.05) is 25.5 Å². The quantitative estimate of drug-likeness (QED) is 0.612. The molecule has 2 aromatic carbocycles. The first-order valence-electron chi connectivity index (χ1n) is 9.49. The number of nitrogens with one attached hydrogen (secondary N) is 2. The molecule has 3 aromatic rings. The third kappa shape index (κ3) is 5.00. The van der Waals surface area contributed by atoms with E-state index in [9.17, 15) is 9.18 Å². The molecule has 1 unspecified atom stereocenters. The van der Waals surface area contributed by atoms with Crippen molar-refractivity contribution >= 4 is 11.6 Å². The zero-order chi connectivity index (χ0) is 20.8. The number of halogens is 1. The van der Waals surface area contributed by atoms with Crippen molar-refractivity contribution in [3.8, 4) is 17.1 Å². The smallest absolute Gasteiger partial charge is 0.279 e. The summed E-state index contributed by atoms with van der Waals surface area (Å²) in [5.41, 5.74) is 3.10. The molecular formula is C22H25FN3O3+. The fraction of sp³-hybridized carbons (Fsp3) is 0.273. The minimum atomic E-state index is -0.297. The predicted octanol–water partition coefficient (Wildman–Crippen LogP) is 2.84. The zero-order valence-corrected chi connectivity index (χ0v) is 16.8. The van der Waals surface area contributed by atoms with E-state index < -0.39 is 0 Å². The van der Waals surface area contributed by atoms with Crippen LogP contribution in [0.2, 0.25) is 0 Å². The Balaban J connectivity index is 1.67. The van der Waals surface area contributed by atoms with Crippen molar-refractivity contribution in [2.45, 2.75) is 20.4 Å². The van der Waals surface area contributed by atoms with E-state index >= 15 is 0 Å². The highest BCUT2D eigenvalue weighted by Gasteiger charge is 2.20. The highest BCUT2D eigenvalue weighted by molar-refractivity contribution is 5.92. The first kappa shape index (κ1) is 20.5. The van der Waals surface area contributed by atoms with Gasteiger partial charge in [0, 0.05) is 11.1 Å². The number of hydrogen-bond donors (Lipinski definition) is 2. The number of aromatic nitrogens is 1. The lowest BCUT2D eigenvalue weighted by Crippen LogP contribution is -3.11. The van der Waals surface area contributed by atoms with Gasteiger partial charge in [-0.15, -0.1) is 0 Å². The van der Waals surface area contributed by atoms with E-state index in [-0.39, 0.29) is 18.3 Å². The topological polar surface area (TPSA) is 68.8 Å². The third-order valence-electron chi connectivity index (χ3n) is 4.84. The Hall–Kier alpha value is -3.19. The summed E-state index contributed by atoms with van der Waals surface area (Å²) in [6.07, 6.45) is 0. The maximum Gasteiger partial charge on any atom is 0.279 e. The Morgan fingerprint density at radius 3 is 2.62 bits per heavy atom. The van der Waals surface area contributed by atoms with Crippen molar-refractivity contribution < 1.29 is 23.3 Å². The minimum Gasteiger partial charge on any atom is -0.495 e. The van der Waals surface area contributed by atoms with Gasteiger partial charge in [0.05, 0.1) is 19.3 Å². The number of benzene rings is 2. The summed E-state index contributed by atoms with van der Waals surface area (Å²) < 4.78 is 23.9. The van der Waals surface area contributed by atoms with Crippen LogP contribution in [0.15, 0.2) is 53.1 Å². The third-order valence-corrected chi connectivity index (χ3v) is 4.84. The Morgan fingerprint density at radius 1 is 1.21 bits per heavy atom. The second kappa shape index (κ2) is 9.34. The van der Waals surface area contributed by atoms with Gasteiger partial charge in [0.1, 0.15) is 23.8 Å². The lowest BCUT2D eigenvalue weighted by molar-refractivity contribution is -0.904. The van der Waals surface area contributed by atoms with Gasteiger partial charge in [-0.2, -0.15) is 0 Å². The second-order valence-corrected chi connectivity index (χ2v) is 6.80. The van der Waals surface area contributed by atoms with E-state index in [1.807, 2.05) is 26.0 Å². The largest absolute Gasteiger partial charge is 0.495 e. The fourth-order valence-electron chi connectivity index (χ4n) is 3.12. The van der Waals surface area contributed by atoms with E-state index in [0.717, 1.165) is 28.3 Å².